The van der Waals surface area contributed by atoms with Crippen molar-refractivity contribution in [3.63, 3.8) is 0 Å². The summed E-state index contributed by atoms with van der Waals surface area (Å²) in [7, 11) is 1.32. The second-order valence-electron chi connectivity index (χ2n) is 7.65. The molecule has 1 unspecified atom stereocenters. The molecule has 164 valence electrons. The van der Waals surface area contributed by atoms with E-state index in [1.807, 2.05) is 0 Å². The first kappa shape index (κ1) is 22.0. The van der Waals surface area contributed by atoms with E-state index in [1.54, 1.807) is 26.8 Å². The molecule has 0 amide bonds. The Balaban J connectivity index is 2.11. The Hall–Kier alpha value is -3.73. The first-order chi connectivity index (χ1) is 14.6. The molecule has 2 N–H and O–H groups in total. The van der Waals surface area contributed by atoms with Gasteiger partial charge in [0, 0.05) is 11.2 Å². The Morgan fingerprint density at radius 3 is 2.48 bits per heavy atom. The number of benzene rings is 2. The largest absolute Gasteiger partial charge is 0.494 e. The average molecular weight is 431 g/mol. The third kappa shape index (κ3) is 4.12. The maximum atomic E-state index is 14.4. The van der Waals surface area contributed by atoms with Crippen LogP contribution < -0.4 is 15.3 Å². The molecule has 1 aromatic heterocycles. The number of carbonyl (C=O) groups is 1. The smallest absolute Gasteiger partial charge is 0.372 e. The Bertz CT molecular complexity index is 1170. The lowest BCUT2D eigenvalue weighted by Gasteiger charge is -2.40. The maximum absolute atomic E-state index is 14.4. The number of carboxylic acids is 1. The lowest BCUT2D eigenvalue weighted by molar-refractivity contribution is 0.0619. The zero-order valence-electron chi connectivity index (χ0n) is 17.4. The van der Waals surface area contributed by atoms with Crippen molar-refractivity contribution in [2.45, 2.75) is 32.7 Å². The molecule has 0 fully saturated rings. The number of anilines is 1. The van der Waals surface area contributed by atoms with Crippen LogP contribution in [0.2, 0.25) is 0 Å². The Morgan fingerprint density at radius 1 is 1.19 bits per heavy atom. The SMILES string of the molecule is COc1cccc(F)c1-n1nnn(C(O)N(c2cccc(C(=O)O)c2)C(C)(C)C)c1=O. The lowest BCUT2D eigenvalue weighted by Crippen LogP contribution is -2.49. The molecule has 0 saturated carbocycles. The van der Waals surface area contributed by atoms with Crippen LogP contribution in [0.15, 0.2) is 47.3 Å². The number of tetrazole rings is 1. The number of para-hydroxylation sites is 1. The molecule has 1 atom stereocenters. The summed E-state index contributed by atoms with van der Waals surface area (Å²) in [5.41, 5.74) is -1.59. The maximum Gasteiger partial charge on any atom is 0.372 e. The number of nitrogens with zero attached hydrogens (tertiary/aromatic N) is 5. The van der Waals surface area contributed by atoms with Crippen molar-refractivity contribution >= 4 is 11.7 Å². The summed E-state index contributed by atoms with van der Waals surface area (Å²) in [4.78, 5) is 25.7. The monoisotopic (exact) mass is 431 g/mol. The summed E-state index contributed by atoms with van der Waals surface area (Å²) < 4.78 is 20.9. The van der Waals surface area contributed by atoms with Crippen LogP contribution in [0, 0.1) is 5.82 Å². The van der Waals surface area contributed by atoms with Crippen molar-refractivity contribution < 1.29 is 24.1 Å². The number of rotatable bonds is 6. The van der Waals surface area contributed by atoms with Crippen LogP contribution >= 0.6 is 0 Å². The van der Waals surface area contributed by atoms with Crippen LogP contribution in [0.1, 0.15) is 37.5 Å². The van der Waals surface area contributed by atoms with Gasteiger partial charge in [-0.2, -0.15) is 4.68 Å². The molecule has 0 saturated heterocycles. The van der Waals surface area contributed by atoms with Crippen molar-refractivity contribution in [3.8, 4) is 11.4 Å². The van der Waals surface area contributed by atoms with E-state index in [2.05, 4.69) is 10.4 Å². The summed E-state index contributed by atoms with van der Waals surface area (Å²) >= 11 is 0. The summed E-state index contributed by atoms with van der Waals surface area (Å²) in [5.74, 6) is -1.84. The second-order valence-corrected chi connectivity index (χ2v) is 7.65. The van der Waals surface area contributed by atoms with Crippen LogP contribution in [-0.2, 0) is 0 Å². The molecule has 31 heavy (non-hydrogen) atoms. The molecular formula is C20H22FN5O5. The topological polar surface area (TPSA) is 123 Å². The number of hydrogen-bond donors (Lipinski definition) is 2. The van der Waals surface area contributed by atoms with E-state index in [4.69, 9.17) is 4.74 Å². The van der Waals surface area contributed by atoms with Gasteiger partial charge in [0.1, 0.15) is 11.4 Å². The van der Waals surface area contributed by atoms with Crippen LogP contribution in [0.25, 0.3) is 5.69 Å². The average Bonchev–Trinajstić information content (AvgIpc) is 3.08. The number of aromatic carboxylic acids is 1. The van der Waals surface area contributed by atoms with E-state index in [-0.39, 0.29) is 17.0 Å². The van der Waals surface area contributed by atoms with Gasteiger partial charge in [0.05, 0.1) is 12.7 Å². The predicted molar refractivity (Wildman–Crippen MR) is 109 cm³/mol. The predicted octanol–water partition coefficient (Wildman–Crippen LogP) is 2.03. The quantitative estimate of drug-likeness (QED) is 0.569. The third-order valence-corrected chi connectivity index (χ3v) is 4.53. The van der Waals surface area contributed by atoms with Gasteiger partial charge >= 0.3 is 11.7 Å². The molecule has 0 radical (unpaired) electrons. The number of ether oxygens (including phenoxy) is 1. The van der Waals surface area contributed by atoms with Gasteiger partial charge in [-0.25, -0.2) is 14.0 Å². The fourth-order valence-corrected chi connectivity index (χ4v) is 3.17. The van der Waals surface area contributed by atoms with Gasteiger partial charge in [-0.05, 0) is 61.5 Å². The van der Waals surface area contributed by atoms with E-state index in [0.29, 0.717) is 15.1 Å². The van der Waals surface area contributed by atoms with Gasteiger partial charge < -0.3 is 19.8 Å². The van der Waals surface area contributed by atoms with E-state index < -0.39 is 29.4 Å². The van der Waals surface area contributed by atoms with Crippen molar-refractivity contribution in [1.29, 1.82) is 0 Å². The minimum absolute atomic E-state index is 0.00560. The van der Waals surface area contributed by atoms with Crippen LogP contribution in [-0.4, -0.2) is 48.6 Å². The highest BCUT2D eigenvalue weighted by molar-refractivity contribution is 5.88. The highest BCUT2D eigenvalue weighted by Gasteiger charge is 2.32. The van der Waals surface area contributed by atoms with E-state index >= 15 is 0 Å². The first-order valence-electron chi connectivity index (χ1n) is 9.24. The summed E-state index contributed by atoms with van der Waals surface area (Å²) in [6.45, 7) is 5.29. The number of aromatic nitrogens is 4. The highest BCUT2D eigenvalue weighted by Crippen LogP contribution is 2.30. The molecule has 0 aliphatic rings. The highest BCUT2D eigenvalue weighted by atomic mass is 19.1. The van der Waals surface area contributed by atoms with Crippen molar-refractivity contribution in [2.24, 2.45) is 0 Å². The van der Waals surface area contributed by atoms with Crippen LogP contribution in [0.4, 0.5) is 10.1 Å². The van der Waals surface area contributed by atoms with Crippen molar-refractivity contribution in [2.75, 3.05) is 12.0 Å². The second kappa shape index (κ2) is 8.19. The van der Waals surface area contributed by atoms with E-state index in [0.717, 1.165) is 6.07 Å². The number of aliphatic hydroxyl groups excluding tert-OH is 1. The molecule has 2 aromatic carbocycles. The molecule has 0 bridgehead atoms. The first-order valence-corrected chi connectivity index (χ1v) is 9.24. The molecule has 1 heterocycles. The number of aliphatic hydroxyl groups is 1. The molecule has 0 spiro atoms. The number of carboxylic acid groups (broad SMARTS) is 1. The van der Waals surface area contributed by atoms with Crippen LogP contribution in [0.3, 0.4) is 0 Å². The lowest BCUT2D eigenvalue weighted by atomic mass is 10.0. The Kier molecular flexibility index (Phi) is 5.80. The standard InChI is InChI=1S/C20H22FN5O5/c1-20(2,3)24(13-8-5-7-12(11-13)17(27)28)18(29)26-19(30)25(22-23-26)16-14(21)9-6-10-15(16)31-4/h5-11,18,29H,1-4H3,(H,27,28). The summed E-state index contributed by atoms with van der Waals surface area (Å²) in [6.07, 6.45) is -1.66. The minimum atomic E-state index is -1.66. The van der Waals surface area contributed by atoms with Crippen molar-refractivity contribution in [1.82, 2.24) is 19.8 Å². The van der Waals surface area contributed by atoms with Gasteiger partial charge in [0.15, 0.2) is 5.82 Å². The molecule has 11 heteroatoms. The zero-order chi connectivity index (χ0) is 22.9. The molecule has 10 nitrogen and oxygen atoms in total. The molecular weight excluding hydrogens is 409 g/mol. The Labute approximate surface area is 176 Å². The number of halogens is 1. The van der Waals surface area contributed by atoms with Crippen LogP contribution in [0.5, 0.6) is 5.75 Å². The van der Waals surface area contributed by atoms with Crippen molar-refractivity contribution in [3.05, 3.63) is 64.3 Å². The molecule has 0 aliphatic heterocycles. The minimum Gasteiger partial charge on any atom is -0.494 e. The third-order valence-electron chi connectivity index (χ3n) is 4.53. The van der Waals surface area contributed by atoms with Gasteiger partial charge in [0.25, 0.3) is 0 Å². The molecule has 3 rings (SSSR count). The fourth-order valence-electron chi connectivity index (χ4n) is 3.17. The number of methoxy groups -OCH3 is 1. The number of hydrogen-bond acceptors (Lipinski definition) is 7. The Morgan fingerprint density at radius 2 is 1.87 bits per heavy atom. The summed E-state index contributed by atoms with van der Waals surface area (Å²) in [5, 5.41) is 27.7. The fraction of sp³-hybridized carbons (Fsp3) is 0.300. The van der Waals surface area contributed by atoms with Gasteiger partial charge in [-0.3, -0.25) is 0 Å². The van der Waals surface area contributed by atoms with Gasteiger partial charge in [-0.15, -0.1) is 4.68 Å². The summed E-state index contributed by atoms with van der Waals surface area (Å²) in [6, 6.07) is 9.90. The zero-order valence-corrected chi connectivity index (χ0v) is 17.4. The van der Waals surface area contributed by atoms with E-state index in [1.165, 1.54) is 42.3 Å². The van der Waals surface area contributed by atoms with Gasteiger partial charge in [-0.1, -0.05) is 12.1 Å². The van der Waals surface area contributed by atoms with E-state index in [9.17, 15) is 24.2 Å². The molecule has 0 aliphatic carbocycles. The van der Waals surface area contributed by atoms with Gasteiger partial charge in [0.2, 0.25) is 6.35 Å². The normalized spacial score (nSPS) is 12.5. The molecule has 3 aromatic rings.